The summed E-state index contributed by atoms with van der Waals surface area (Å²) >= 11 is 0. The zero-order valence-corrected chi connectivity index (χ0v) is 9.42. The summed E-state index contributed by atoms with van der Waals surface area (Å²) in [5.41, 5.74) is 6.04. The highest BCUT2D eigenvalue weighted by molar-refractivity contribution is 5.59. The van der Waals surface area contributed by atoms with Gasteiger partial charge in [-0.05, 0) is 19.1 Å². The molecule has 2 aromatic rings. The number of nitrogens with two attached hydrogens (primary N) is 1. The molecule has 0 radical (unpaired) electrons. The largest absolute Gasteiger partial charge is 0.381 e. The van der Waals surface area contributed by atoms with Gasteiger partial charge in [-0.2, -0.15) is 0 Å². The number of nitrogen functional groups attached to an aromatic ring is 1. The number of nitro groups is 1. The molecular weight excluding hydrogens is 239 g/mol. The van der Waals surface area contributed by atoms with Crippen LogP contribution in [0.1, 0.15) is 5.69 Å². The third-order valence-corrected chi connectivity index (χ3v) is 2.38. The zero-order chi connectivity index (χ0) is 13.3. The summed E-state index contributed by atoms with van der Waals surface area (Å²) in [4.78, 5) is 17.7. The molecule has 0 aliphatic heterocycles. The lowest BCUT2D eigenvalue weighted by Crippen LogP contribution is -2.02. The Balaban J connectivity index is 2.46. The highest BCUT2D eigenvalue weighted by Gasteiger charge is 2.11. The quantitative estimate of drug-likeness (QED) is 0.648. The molecule has 1 aromatic carbocycles. The maximum Gasteiger partial charge on any atom is 0.269 e. The average Bonchev–Trinajstić information content (AvgIpc) is 2.35. The van der Waals surface area contributed by atoms with E-state index in [9.17, 15) is 14.5 Å². The maximum atomic E-state index is 13.3. The first-order valence-corrected chi connectivity index (χ1v) is 5.03. The van der Waals surface area contributed by atoms with Crippen LogP contribution in [-0.4, -0.2) is 14.9 Å². The second-order valence-corrected chi connectivity index (χ2v) is 3.64. The number of nitrogens with zero attached hydrogens (tertiary/aromatic N) is 3. The van der Waals surface area contributed by atoms with Crippen molar-refractivity contribution >= 4 is 11.5 Å². The number of anilines is 1. The van der Waals surface area contributed by atoms with Gasteiger partial charge >= 0.3 is 0 Å². The minimum Gasteiger partial charge on any atom is -0.381 e. The van der Waals surface area contributed by atoms with E-state index in [4.69, 9.17) is 5.73 Å². The summed E-state index contributed by atoms with van der Waals surface area (Å²) in [6, 6.07) is 5.63. The van der Waals surface area contributed by atoms with E-state index in [1.165, 1.54) is 31.2 Å². The van der Waals surface area contributed by atoms with Gasteiger partial charge in [-0.25, -0.2) is 14.4 Å². The molecule has 0 bridgehead atoms. The van der Waals surface area contributed by atoms with E-state index in [2.05, 4.69) is 9.97 Å². The number of hydrogen-bond donors (Lipinski definition) is 1. The van der Waals surface area contributed by atoms with Gasteiger partial charge in [0.25, 0.3) is 5.69 Å². The Morgan fingerprint density at radius 3 is 2.39 bits per heavy atom. The molecule has 0 fully saturated rings. The molecule has 6 nitrogen and oxygen atoms in total. The molecule has 0 atom stereocenters. The van der Waals surface area contributed by atoms with Crippen molar-refractivity contribution in [2.45, 2.75) is 6.92 Å². The highest BCUT2D eigenvalue weighted by atomic mass is 19.1. The lowest BCUT2D eigenvalue weighted by molar-refractivity contribution is -0.384. The standard InChI is InChI=1S/C11H9FN4O2/c1-6-9(12)10(13)15-11(14-6)7-2-4-8(5-3-7)16(17)18/h2-5H,1H3,(H2,13,14,15). The lowest BCUT2D eigenvalue weighted by Gasteiger charge is -2.04. The van der Waals surface area contributed by atoms with E-state index in [0.717, 1.165) is 0 Å². The van der Waals surface area contributed by atoms with Crippen LogP contribution in [0.3, 0.4) is 0 Å². The first kappa shape index (κ1) is 11.9. The summed E-state index contributed by atoms with van der Waals surface area (Å²) in [5.74, 6) is -0.655. The van der Waals surface area contributed by atoms with Gasteiger partial charge in [-0.15, -0.1) is 0 Å². The number of benzene rings is 1. The third kappa shape index (κ3) is 2.10. The Morgan fingerprint density at radius 1 is 1.28 bits per heavy atom. The smallest absolute Gasteiger partial charge is 0.269 e. The van der Waals surface area contributed by atoms with Crippen LogP contribution in [0.4, 0.5) is 15.9 Å². The van der Waals surface area contributed by atoms with E-state index in [1.54, 1.807) is 0 Å². The fraction of sp³-hybridized carbons (Fsp3) is 0.0909. The van der Waals surface area contributed by atoms with Crippen molar-refractivity contribution in [3.8, 4) is 11.4 Å². The molecule has 0 amide bonds. The van der Waals surface area contributed by atoms with E-state index in [-0.39, 0.29) is 23.0 Å². The van der Waals surface area contributed by atoms with Crippen molar-refractivity contribution in [3.63, 3.8) is 0 Å². The van der Waals surface area contributed by atoms with Crippen LogP contribution in [0.25, 0.3) is 11.4 Å². The van der Waals surface area contributed by atoms with Crippen molar-refractivity contribution in [1.29, 1.82) is 0 Å². The Hall–Kier alpha value is -2.57. The second kappa shape index (κ2) is 4.36. The molecule has 0 aliphatic carbocycles. The average molecular weight is 248 g/mol. The monoisotopic (exact) mass is 248 g/mol. The SMILES string of the molecule is Cc1nc(-c2ccc([N+](=O)[O-])cc2)nc(N)c1F. The van der Waals surface area contributed by atoms with Gasteiger partial charge in [-0.3, -0.25) is 10.1 Å². The highest BCUT2D eigenvalue weighted by Crippen LogP contribution is 2.21. The van der Waals surface area contributed by atoms with Crippen molar-refractivity contribution < 1.29 is 9.31 Å². The molecule has 2 rings (SSSR count). The van der Waals surface area contributed by atoms with Gasteiger partial charge in [0.1, 0.15) is 0 Å². The van der Waals surface area contributed by atoms with Crippen LogP contribution in [0.5, 0.6) is 0 Å². The van der Waals surface area contributed by atoms with Crippen LogP contribution in [0.2, 0.25) is 0 Å². The second-order valence-electron chi connectivity index (χ2n) is 3.64. The number of non-ortho nitro benzene ring substituents is 1. The van der Waals surface area contributed by atoms with Gasteiger partial charge in [0.05, 0.1) is 10.6 Å². The topological polar surface area (TPSA) is 94.9 Å². The summed E-state index contributed by atoms with van der Waals surface area (Å²) in [6.45, 7) is 1.47. The Morgan fingerprint density at radius 2 is 1.89 bits per heavy atom. The van der Waals surface area contributed by atoms with Crippen LogP contribution in [0.15, 0.2) is 24.3 Å². The normalized spacial score (nSPS) is 10.3. The van der Waals surface area contributed by atoms with E-state index in [1.807, 2.05) is 0 Å². The molecule has 92 valence electrons. The van der Waals surface area contributed by atoms with Gasteiger partial charge in [0.2, 0.25) is 0 Å². The molecule has 0 aliphatic rings. The molecule has 18 heavy (non-hydrogen) atoms. The number of aromatic nitrogens is 2. The molecule has 0 unspecified atom stereocenters. The number of rotatable bonds is 2. The Kier molecular flexibility index (Phi) is 2.88. The van der Waals surface area contributed by atoms with Gasteiger partial charge in [0.15, 0.2) is 17.5 Å². The van der Waals surface area contributed by atoms with Crippen LogP contribution >= 0.6 is 0 Å². The van der Waals surface area contributed by atoms with Crippen LogP contribution in [-0.2, 0) is 0 Å². The summed E-state index contributed by atoms with van der Waals surface area (Å²) in [7, 11) is 0. The molecule has 0 saturated carbocycles. The molecule has 0 spiro atoms. The van der Waals surface area contributed by atoms with E-state index in [0.29, 0.717) is 5.56 Å². The molecule has 2 N–H and O–H groups in total. The molecule has 0 saturated heterocycles. The Bertz CT molecular complexity index is 590. The minimum absolute atomic E-state index is 0.0365. The first-order valence-electron chi connectivity index (χ1n) is 5.03. The molecule has 7 heteroatoms. The minimum atomic E-state index is -0.652. The van der Waals surface area contributed by atoms with Gasteiger partial charge in [0, 0.05) is 17.7 Å². The van der Waals surface area contributed by atoms with Gasteiger partial charge in [-0.1, -0.05) is 0 Å². The van der Waals surface area contributed by atoms with Crippen LogP contribution in [0, 0.1) is 22.9 Å². The fourth-order valence-corrected chi connectivity index (χ4v) is 1.44. The predicted molar refractivity (Wildman–Crippen MR) is 63.2 cm³/mol. The molecular formula is C11H9FN4O2. The summed E-state index contributed by atoms with van der Waals surface area (Å²) < 4.78 is 13.3. The fourth-order valence-electron chi connectivity index (χ4n) is 1.44. The maximum absolute atomic E-state index is 13.3. The van der Waals surface area contributed by atoms with E-state index >= 15 is 0 Å². The summed E-state index contributed by atoms with van der Waals surface area (Å²) in [6.07, 6.45) is 0. The van der Waals surface area contributed by atoms with Gasteiger partial charge < -0.3 is 5.73 Å². The first-order chi connectivity index (χ1) is 8.49. The number of aryl methyl sites for hydroxylation is 1. The van der Waals surface area contributed by atoms with Crippen molar-refractivity contribution in [1.82, 2.24) is 9.97 Å². The number of halogens is 1. The third-order valence-electron chi connectivity index (χ3n) is 2.38. The molecule has 1 aromatic heterocycles. The van der Waals surface area contributed by atoms with Crippen molar-refractivity contribution in [2.75, 3.05) is 5.73 Å². The lowest BCUT2D eigenvalue weighted by atomic mass is 10.2. The summed E-state index contributed by atoms with van der Waals surface area (Å²) in [5, 5.41) is 10.5. The van der Waals surface area contributed by atoms with Crippen molar-refractivity contribution in [3.05, 3.63) is 45.9 Å². The molecule has 1 heterocycles. The van der Waals surface area contributed by atoms with E-state index < -0.39 is 10.7 Å². The zero-order valence-electron chi connectivity index (χ0n) is 9.42. The Labute approximate surface area is 101 Å². The number of nitro benzene ring substituents is 1. The van der Waals surface area contributed by atoms with Crippen molar-refractivity contribution in [2.24, 2.45) is 0 Å². The predicted octanol–water partition coefficient (Wildman–Crippen LogP) is 2.08. The van der Waals surface area contributed by atoms with Crippen LogP contribution < -0.4 is 5.73 Å². The number of hydrogen-bond acceptors (Lipinski definition) is 5.